The number of nitrogens with zero attached hydrogens (tertiary/aromatic N) is 6. The molecule has 29 heavy (non-hydrogen) atoms. The van der Waals surface area contributed by atoms with E-state index in [0.717, 1.165) is 11.2 Å². The molecule has 0 aromatic carbocycles. The van der Waals surface area contributed by atoms with Crippen molar-refractivity contribution in [1.82, 2.24) is 18.8 Å². The number of methoxy groups -OCH3 is 1. The van der Waals surface area contributed by atoms with Gasteiger partial charge in [0.05, 0.1) is 25.7 Å². The molecule has 0 spiro atoms. The van der Waals surface area contributed by atoms with Crippen LogP contribution in [0.15, 0.2) is 61.4 Å². The predicted molar refractivity (Wildman–Crippen MR) is 105 cm³/mol. The summed E-state index contributed by atoms with van der Waals surface area (Å²) in [5, 5.41) is 17.7. The lowest BCUT2D eigenvalue weighted by molar-refractivity contribution is -0.144. The first-order valence-electron chi connectivity index (χ1n) is 8.73. The van der Waals surface area contributed by atoms with Crippen molar-refractivity contribution in [1.29, 1.82) is 10.5 Å². The van der Waals surface area contributed by atoms with Gasteiger partial charge in [-0.05, 0) is 42.3 Å². The maximum Gasteiger partial charge on any atom is 0.330 e. The van der Waals surface area contributed by atoms with E-state index in [1.165, 1.54) is 14.0 Å². The standard InChI is InChI=1S/C12H11N3O2.C9H7N3/c1-12(8-13,11(16)17-2)9-3-5-15-6-4-14-10(15)7-9;10-3-1-8-2-5-12-6-4-11-9(12)7-8/h3-7H,1-2H3;2,4-7H,1H2. The lowest BCUT2D eigenvalue weighted by Crippen LogP contribution is -2.32. The van der Waals surface area contributed by atoms with Gasteiger partial charge in [-0.2, -0.15) is 10.5 Å². The molecule has 144 valence electrons. The molecule has 0 amide bonds. The van der Waals surface area contributed by atoms with E-state index in [9.17, 15) is 10.1 Å². The van der Waals surface area contributed by atoms with Gasteiger partial charge in [-0.25, -0.2) is 14.8 Å². The van der Waals surface area contributed by atoms with Crippen molar-refractivity contribution in [2.24, 2.45) is 0 Å². The van der Waals surface area contributed by atoms with Gasteiger partial charge in [0.25, 0.3) is 0 Å². The summed E-state index contributed by atoms with van der Waals surface area (Å²) in [6, 6.07) is 11.4. The summed E-state index contributed by atoms with van der Waals surface area (Å²) >= 11 is 0. The first kappa shape index (κ1) is 19.6. The van der Waals surface area contributed by atoms with E-state index in [1.54, 1.807) is 41.3 Å². The number of ether oxygens (including phenoxy) is 1. The first-order chi connectivity index (χ1) is 14.0. The summed E-state index contributed by atoms with van der Waals surface area (Å²) in [6.07, 6.45) is 11.2. The first-order valence-corrected chi connectivity index (χ1v) is 8.73. The summed E-state index contributed by atoms with van der Waals surface area (Å²) in [7, 11) is 1.27. The van der Waals surface area contributed by atoms with Gasteiger partial charge in [0.15, 0.2) is 5.41 Å². The fraction of sp³-hybridized carbons (Fsp3) is 0.190. The molecular formula is C21H18N6O2. The van der Waals surface area contributed by atoms with Crippen LogP contribution in [0.5, 0.6) is 0 Å². The number of carbonyl (C=O) groups excluding carboxylic acids is 1. The van der Waals surface area contributed by atoms with Crippen LogP contribution in [0.2, 0.25) is 0 Å². The molecule has 4 aromatic heterocycles. The molecule has 4 rings (SSSR count). The number of nitriles is 2. The number of hydrogen-bond donors (Lipinski definition) is 0. The number of hydrogen-bond acceptors (Lipinski definition) is 6. The van der Waals surface area contributed by atoms with E-state index in [2.05, 4.69) is 20.8 Å². The van der Waals surface area contributed by atoms with Gasteiger partial charge in [-0.3, -0.25) is 0 Å². The van der Waals surface area contributed by atoms with E-state index >= 15 is 0 Å². The third-order valence-corrected chi connectivity index (χ3v) is 4.54. The largest absolute Gasteiger partial charge is 0.468 e. The average Bonchev–Trinajstić information content (AvgIpc) is 3.41. The highest BCUT2D eigenvalue weighted by atomic mass is 16.5. The Morgan fingerprint density at radius 2 is 1.69 bits per heavy atom. The van der Waals surface area contributed by atoms with Crippen LogP contribution >= 0.6 is 0 Å². The number of pyridine rings is 2. The van der Waals surface area contributed by atoms with Crippen LogP contribution in [0.25, 0.3) is 11.3 Å². The van der Waals surface area contributed by atoms with Crippen LogP contribution in [-0.2, 0) is 21.4 Å². The van der Waals surface area contributed by atoms with Crippen LogP contribution in [0.4, 0.5) is 0 Å². The third kappa shape index (κ3) is 3.92. The van der Waals surface area contributed by atoms with E-state index in [4.69, 9.17) is 5.26 Å². The lowest BCUT2D eigenvalue weighted by atomic mass is 9.84. The number of imidazole rings is 2. The minimum Gasteiger partial charge on any atom is -0.468 e. The van der Waals surface area contributed by atoms with Crippen molar-refractivity contribution in [3.05, 3.63) is 72.6 Å². The molecule has 0 aliphatic carbocycles. The van der Waals surface area contributed by atoms with Gasteiger partial charge in [0.1, 0.15) is 11.3 Å². The highest BCUT2D eigenvalue weighted by molar-refractivity contribution is 5.86. The molecule has 1 unspecified atom stereocenters. The number of fused-ring (bicyclic) bond motifs is 2. The molecular weight excluding hydrogens is 368 g/mol. The topological polar surface area (TPSA) is 108 Å². The zero-order chi connectivity index (χ0) is 20.9. The van der Waals surface area contributed by atoms with Gasteiger partial charge < -0.3 is 13.5 Å². The molecule has 0 saturated carbocycles. The van der Waals surface area contributed by atoms with Crippen LogP contribution in [0.1, 0.15) is 18.1 Å². The fourth-order valence-electron chi connectivity index (χ4n) is 2.81. The Morgan fingerprint density at radius 1 is 1.07 bits per heavy atom. The Hall–Kier alpha value is -4.17. The van der Waals surface area contributed by atoms with E-state index < -0.39 is 11.4 Å². The number of carbonyl (C=O) groups is 1. The SMILES string of the molecule is COC(=O)C(C)(C#N)c1ccn2ccnc2c1.N#CCc1ccn2ccnc2c1. The Balaban J connectivity index is 0.000000176. The minimum atomic E-state index is -1.30. The summed E-state index contributed by atoms with van der Waals surface area (Å²) in [6.45, 7) is 1.54. The van der Waals surface area contributed by atoms with Crippen LogP contribution in [0, 0.1) is 22.7 Å². The maximum absolute atomic E-state index is 11.7. The smallest absolute Gasteiger partial charge is 0.330 e. The van der Waals surface area contributed by atoms with Gasteiger partial charge in [-0.1, -0.05) is 0 Å². The van der Waals surface area contributed by atoms with Gasteiger partial charge >= 0.3 is 5.97 Å². The van der Waals surface area contributed by atoms with Crippen LogP contribution in [-0.4, -0.2) is 31.8 Å². The second-order valence-electron chi connectivity index (χ2n) is 6.40. The molecule has 0 N–H and O–H groups in total. The Bertz CT molecular complexity index is 1240. The number of esters is 1. The lowest BCUT2D eigenvalue weighted by Gasteiger charge is -2.18. The van der Waals surface area contributed by atoms with Crippen LogP contribution in [0.3, 0.4) is 0 Å². The molecule has 0 saturated heterocycles. The Morgan fingerprint density at radius 3 is 2.28 bits per heavy atom. The monoisotopic (exact) mass is 386 g/mol. The fourth-order valence-corrected chi connectivity index (χ4v) is 2.81. The second-order valence-corrected chi connectivity index (χ2v) is 6.40. The highest BCUT2D eigenvalue weighted by Gasteiger charge is 2.37. The normalized spacial score (nSPS) is 12.3. The van der Waals surface area contributed by atoms with Crippen molar-refractivity contribution < 1.29 is 9.53 Å². The number of aromatic nitrogens is 4. The summed E-state index contributed by atoms with van der Waals surface area (Å²) in [5.41, 5.74) is 1.86. The maximum atomic E-state index is 11.7. The van der Waals surface area contributed by atoms with Gasteiger partial charge in [0, 0.05) is 37.2 Å². The Kier molecular flexibility index (Phi) is 5.56. The van der Waals surface area contributed by atoms with Crippen molar-refractivity contribution in [3.63, 3.8) is 0 Å². The molecule has 4 heterocycles. The third-order valence-electron chi connectivity index (χ3n) is 4.54. The Labute approximate surface area is 167 Å². The zero-order valence-electron chi connectivity index (χ0n) is 16.0. The van der Waals surface area contributed by atoms with Crippen LogP contribution < -0.4 is 0 Å². The van der Waals surface area contributed by atoms with Crippen molar-refractivity contribution in [2.45, 2.75) is 18.8 Å². The second kappa shape index (κ2) is 8.24. The minimum absolute atomic E-state index is 0.448. The molecule has 0 radical (unpaired) electrons. The molecule has 0 fully saturated rings. The molecule has 0 aliphatic heterocycles. The van der Waals surface area contributed by atoms with E-state index in [0.29, 0.717) is 17.6 Å². The van der Waals surface area contributed by atoms with Crippen molar-refractivity contribution in [2.75, 3.05) is 7.11 Å². The molecule has 0 bridgehead atoms. The van der Waals surface area contributed by atoms with Crippen molar-refractivity contribution in [3.8, 4) is 12.1 Å². The summed E-state index contributed by atoms with van der Waals surface area (Å²) in [4.78, 5) is 19.9. The summed E-state index contributed by atoms with van der Waals surface area (Å²) < 4.78 is 8.39. The average molecular weight is 386 g/mol. The molecule has 1 atom stereocenters. The van der Waals surface area contributed by atoms with Gasteiger partial charge in [0.2, 0.25) is 0 Å². The van der Waals surface area contributed by atoms with Crippen molar-refractivity contribution >= 4 is 17.3 Å². The number of rotatable bonds is 3. The molecule has 0 aliphatic rings. The molecule has 4 aromatic rings. The van der Waals surface area contributed by atoms with E-state index in [1.807, 2.05) is 35.0 Å². The highest BCUT2D eigenvalue weighted by Crippen LogP contribution is 2.25. The summed E-state index contributed by atoms with van der Waals surface area (Å²) in [5.74, 6) is -0.573. The quantitative estimate of drug-likeness (QED) is 0.501. The zero-order valence-corrected chi connectivity index (χ0v) is 16.0. The molecule has 8 nitrogen and oxygen atoms in total. The van der Waals surface area contributed by atoms with E-state index in [-0.39, 0.29) is 0 Å². The van der Waals surface area contributed by atoms with Gasteiger partial charge in [-0.15, -0.1) is 0 Å². The molecule has 8 heteroatoms. The predicted octanol–water partition coefficient (Wildman–Crippen LogP) is 2.69.